The van der Waals surface area contributed by atoms with E-state index in [2.05, 4.69) is 11.6 Å². The highest BCUT2D eigenvalue weighted by Crippen LogP contribution is 2.59. The van der Waals surface area contributed by atoms with Gasteiger partial charge in [0.05, 0.1) is 5.92 Å². The van der Waals surface area contributed by atoms with Crippen LogP contribution in [-0.2, 0) is 14.6 Å². The number of carbonyl (C=O) groups is 1. The van der Waals surface area contributed by atoms with E-state index in [1.54, 1.807) is 0 Å². The van der Waals surface area contributed by atoms with E-state index in [-0.39, 0.29) is 16.1 Å². The summed E-state index contributed by atoms with van der Waals surface area (Å²) in [6, 6.07) is 17.8. The monoisotopic (exact) mass is 658 g/mol. The smallest absolute Gasteiger partial charge is 0.417 e. The number of Topliss-reactive ketones (excluding diaryl/α,β-unsaturated/α-hetero) is 1. The van der Waals surface area contributed by atoms with Crippen molar-refractivity contribution in [3.63, 3.8) is 0 Å². The van der Waals surface area contributed by atoms with Gasteiger partial charge < -0.3 is 4.74 Å². The lowest BCUT2D eigenvalue weighted by atomic mass is 9.89. The van der Waals surface area contributed by atoms with Crippen molar-refractivity contribution in [1.29, 1.82) is 0 Å². The van der Waals surface area contributed by atoms with Crippen molar-refractivity contribution in [2.24, 2.45) is 0 Å². The van der Waals surface area contributed by atoms with E-state index in [4.69, 9.17) is 16.3 Å². The van der Waals surface area contributed by atoms with Gasteiger partial charge in [0.15, 0.2) is 6.10 Å². The van der Waals surface area contributed by atoms with E-state index in [1.165, 1.54) is 60.7 Å². The molecule has 42 heavy (non-hydrogen) atoms. The molecule has 0 amide bonds. The summed E-state index contributed by atoms with van der Waals surface area (Å²) >= 11 is 10.2. The molecule has 0 spiro atoms. The van der Waals surface area contributed by atoms with E-state index in [9.17, 15) is 39.6 Å². The standard InChI is InChI=1S/C27H16Cl2F8O4S/c28-18-14-8-7-13-17(18)19-22(20(38)15-9-3-1-4-10-15)41-21(16-11-5-2-6-12-16)23(19)42(39,40)27(36,37)25(32,33)24(30,31)26(29,34)35/h1-14,19,22H/t19-,22+/m1/s1. The number of alkyl halides is 9. The van der Waals surface area contributed by atoms with Gasteiger partial charge in [-0.15, -0.1) is 0 Å². The van der Waals surface area contributed by atoms with Crippen molar-refractivity contribution < 1.29 is 53.1 Å². The summed E-state index contributed by atoms with van der Waals surface area (Å²) < 4.78 is 147. The zero-order valence-corrected chi connectivity index (χ0v) is 22.9. The van der Waals surface area contributed by atoms with Crippen LogP contribution in [0.2, 0.25) is 5.02 Å². The minimum atomic E-state index is -7.27. The first-order chi connectivity index (χ1) is 19.4. The number of carbonyl (C=O) groups excluding carboxylic acids is 1. The van der Waals surface area contributed by atoms with Crippen molar-refractivity contribution in [2.75, 3.05) is 0 Å². The van der Waals surface area contributed by atoms with E-state index < -0.39 is 66.4 Å². The number of ketones is 1. The Bertz CT molecular complexity index is 1630. The summed E-state index contributed by atoms with van der Waals surface area (Å²) in [4.78, 5) is 11.8. The maximum absolute atomic E-state index is 15.4. The fraction of sp³-hybridized carbons (Fsp3) is 0.222. The maximum atomic E-state index is 15.4. The van der Waals surface area contributed by atoms with Crippen LogP contribution in [0.3, 0.4) is 0 Å². The largest absolute Gasteiger partial charge is 0.480 e. The van der Waals surface area contributed by atoms with Crippen molar-refractivity contribution in [1.82, 2.24) is 0 Å². The average molecular weight is 659 g/mol. The molecule has 2 atom stereocenters. The topological polar surface area (TPSA) is 60.4 Å². The van der Waals surface area contributed by atoms with Crippen LogP contribution in [0.25, 0.3) is 5.76 Å². The molecule has 4 nitrogen and oxygen atoms in total. The molecule has 0 bridgehead atoms. The van der Waals surface area contributed by atoms with Crippen LogP contribution in [0.15, 0.2) is 89.8 Å². The number of hydrogen-bond donors (Lipinski definition) is 0. The van der Waals surface area contributed by atoms with Crippen LogP contribution in [0.1, 0.15) is 27.4 Å². The SMILES string of the molecule is O=C(c1ccccc1)[C@H]1OC(c2ccccc2)=C(S(=O)(=O)C(F)(F)C(F)(F)C(F)(F)C(F)(F)Cl)[C@@H]1c1ccccc1Cl. The van der Waals surface area contributed by atoms with Gasteiger partial charge in [0, 0.05) is 16.1 Å². The molecular weight excluding hydrogens is 643 g/mol. The van der Waals surface area contributed by atoms with Crippen LogP contribution >= 0.6 is 23.2 Å². The van der Waals surface area contributed by atoms with Crippen molar-refractivity contribution in [3.8, 4) is 0 Å². The Morgan fingerprint density at radius 1 is 0.738 bits per heavy atom. The predicted octanol–water partition coefficient (Wildman–Crippen LogP) is 8.18. The van der Waals surface area contributed by atoms with Crippen LogP contribution in [-0.4, -0.2) is 42.8 Å². The van der Waals surface area contributed by atoms with Gasteiger partial charge in [-0.25, -0.2) is 8.42 Å². The number of benzene rings is 3. The molecule has 4 rings (SSSR count). The third kappa shape index (κ3) is 4.94. The zero-order valence-electron chi connectivity index (χ0n) is 20.6. The van der Waals surface area contributed by atoms with E-state index >= 15 is 8.78 Å². The zero-order chi connectivity index (χ0) is 31.3. The molecule has 0 aliphatic carbocycles. The lowest BCUT2D eigenvalue weighted by Crippen LogP contribution is -2.63. The first-order valence-corrected chi connectivity index (χ1v) is 13.9. The average Bonchev–Trinajstić information content (AvgIpc) is 3.34. The molecule has 1 aliphatic rings. The third-order valence-electron chi connectivity index (χ3n) is 6.39. The second-order valence-corrected chi connectivity index (χ2v) is 11.8. The fourth-order valence-electron chi connectivity index (χ4n) is 4.29. The second kappa shape index (κ2) is 10.8. The van der Waals surface area contributed by atoms with Gasteiger partial charge in [-0.1, -0.05) is 90.5 Å². The third-order valence-corrected chi connectivity index (χ3v) is 8.92. The molecule has 224 valence electrons. The van der Waals surface area contributed by atoms with Gasteiger partial charge in [0.1, 0.15) is 10.7 Å². The molecule has 0 N–H and O–H groups in total. The van der Waals surface area contributed by atoms with Gasteiger partial charge >= 0.3 is 22.5 Å². The Kier molecular flexibility index (Phi) is 8.20. The molecule has 1 heterocycles. The first kappa shape index (κ1) is 31.8. The number of halogens is 10. The normalized spacial score (nSPS) is 18.6. The molecular formula is C27H16Cl2F8O4S. The van der Waals surface area contributed by atoms with Crippen LogP contribution in [0.4, 0.5) is 35.1 Å². The first-order valence-electron chi connectivity index (χ1n) is 11.6. The van der Waals surface area contributed by atoms with Crippen molar-refractivity contribution in [3.05, 3.63) is 112 Å². The highest BCUT2D eigenvalue weighted by atomic mass is 35.5. The minimum absolute atomic E-state index is 0.129. The van der Waals surface area contributed by atoms with E-state index in [0.29, 0.717) is 0 Å². The molecule has 0 saturated carbocycles. The summed E-state index contributed by atoms with van der Waals surface area (Å²) in [5, 5.41) is -13.6. The number of rotatable bonds is 9. The highest BCUT2D eigenvalue weighted by Gasteiger charge is 2.85. The van der Waals surface area contributed by atoms with Gasteiger partial charge in [0.2, 0.25) is 5.78 Å². The molecule has 3 aromatic carbocycles. The Labute approximate surface area is 243 Å². The molecule has 15 heteroatoms. The minimum Gasteiger partial charge on any atom is -0.480 e. The van der Waals surface area contributed by atoms with Gasteiger partial charge in [-0.05, 0) is 23.2 Å². The molecule has 0 fully saturated rings. The molecule has 0 radical (unpaired) electrons. The molecule has 3 aromatic rings. The van der Waals surface area contributed by atoms with E-state index in [1.807, 2.05) is 0 Å². The molecule has 0 unspecified atom stereocenters. The van der Waals surface area contributed by atoms with Gasteiger partial charge in [-0.3, -0.25) is 4.79 Å². The summed E-state index contributed by atoms with van der Waals surface area (Å²) in [7, 11) is -7.11. The van der Waals surface area contributed by atoms with Crippen LogP contribution in [0.5, 0.6) is 0 Å². The van der Waals surface area contributed by atoms with E-state index in [0.717, 1.165) is 24.3 Å². The Balaban J connectivity index is 2.06. The summed E-state index contributed by atoms with van der Waals surface area (Å²) in [5.74, 6) is -18.7. The quantitative estimate of drug-likeness (QED) is 0.132. The van der Waals surface area contributed by atoms with Gasteiger partial charge in [-0.2, -0.15) is 35.1 Å². The summed E-state index contributed by atoms with van der Waals surface area (Å²) in [5.41, 5.74) is -0.868. The fourth-order valence-corrected chi connectivity index (χ4v) is 6.40. The van der Waals surface area contributed by atoms with Crippen molar-refractivity contribution >= 4 is 44.6 Å². The number of ether oxygens (including phenoxy) is 1. The van der Waals surface area contributed by atoms with Crippen molar-refractivity contribution in [2.45, 2.75) is 34.5 Å². The molecule has 0 saturated heterocycles. The lowest BCUT2D eigenvalue weighted by molar-refractivity contribution is -0.326. The molecule has 1 aliphatic heterocycles. The Morgan fingerprint density at radius 3 is 1.76 bits per heavy atom. The second-order valence-electron chi connectivity index (χ2n) is 8.99. The van der Waals surface area contributed by atoms with Crippen LogP contribution in [0, 0.1) is 0 Å². The summed E-state index contributed by atoms with van der Waals surface area (Å²) in [6.45, 7) is 0. The summed E-state index contributed by atoms with van der Waals surface area (Å²) in [6.07, 6.45) is -2.06. The Morgan fingerprint density at radius 2 is 1.24 bits per heavy atom. The van der Waals surface area contributed by atoms with Gasteiger partial charge in [0.25, 0.3) is 9.84 Å². The maximum Gasteiger partial charge on any atom is 0.417 e. The number of hydrogen-bond acceptors (Lipinski definition) is 4. The van der Waals surface area contributed by atoms with Crippen LogP contribution < -0.4 is 0 Å². The number of sulfone groups is 1. The lowest BCUT2D eigenvalue weighted by Gasteiger charge is -2.34. The predicted molar refractivity (Wildman–Crippen MR) is 138 cm³/mol. The highest BCUT2D eigenvalue weighted by molar-refractivity contribution is 7.96. The molecule has 0 aromatic heterocycles. The Hall–Kier alpha value is -3.16.